The summed E-state index contributed by atoms with van der Waals surface area (Å²) in [6, 6.07) is 13.1. The molecule has 3 aromatic rings. The summed E-state index contributed by atoms with van der Waals surface area (Å²) in [5.74, 6) is 0.354. The smallest absolute Gasteiger partial charge is 0.327 e. The van der Waals surface area contributed by atoms with Crippen LogP contribution in [0.4, 0.5) is 10.5 Å². The van der Waals surface area contributed by atoms with Crippen molar-refractivity contribution in [3.05, 3.63) is 76.7 Å². The number of rotatable bonds is 8. The van der Waals surface area contributed by atoms with E-state index in [0.29, 0.717) is 16.5 Å². The molecule has 1 saturated heterocycles. The van der Waals surface area contributed by atoms with Crippen LogP contribution in [0.5, 0.6) is 11.6 Å². The third kappa shape index (κ3) is 6.94. The van der Waals surface area contributed by atoms with Crippen LogP contribution in [0.25, 0.3) is 0 Å². The number of carbonyl (C=O) groups is 2. The van der Waals surface area contributed by atoms with Crippen LogP contribution in [-0.2, 0) is 16.1 Å². The lowest BCUT2D eigenvalue weighted by Crippen LogP contribution is -2.66. The predicted octanol–water partition coefficient (Wildman–Crippen LogP) is 4.57. The first-order valence-corrected chi connectivity index (χ1v) is 12.5. The highest BCUT2D eigenvalue weighted by atomic mass is 35.5. The number of esters is 1. The average molecular weight is 573 g/mol. The highest BCUT2D eigenvalue weighted by Crippen LogP contribution is 2.27. The van der Waals surface area contributed by atoms with Crippen molar-refractivity contribution in [3.63, 3.8) is 0 Å². The van der Waals surface area contributed by atoms with E-state index in [-0.39, 0.29) is 30.1 Å². The Morgan fingerprint density at radius 3 is 2.38 bits per heavy atom. The van der Waals surface area contributed by atoms with E-state index in [4.69, 9.17) is 32.7 Å². The van der Waals surface area contributed by atoms with Gasteiger partial charge in [-0.15, -0.1) is 0 Å². The first-order valence-electron chi connectivity index (χ1n) is 11.7. The molecule has 1 fully saturated rings. The molecule has 0 spiro atoms. The maximum Gasteiger partial charge on any atom is 0.327 e. The van der Waals surface area contributed by atoms with Crippen LogP contribution < -0.4 is 10.1 Å². The predicted molar refractivity (Wildman–Crippen MR) is 145 cm³/mol. The zero-order valence-electron chi connectivity index (χ0n) is 21.3. The Kier molecular flexibility index (Phi) is 8.54. The average Bonchev–Trinajstić information content (AvgIpc) is 2.91. The molecule has 2 aromatic carbocycles. The Hall–Kier alpha value is -3.93. The van der Waals surface area contributed by atoms with Gasteiger partial charge in [0.1, 0.15) is 10.9 Å². The van der Waals surface area contributed by atoms with E-state index in [1.807, 2.05) is 0 Å². The number of nitrogens with one attached hydrogen (secondary N) is 1. The first-order chi connectivity index (χ1) is 18.6. The summed E-state index contributed by atoms with van der Waals surface area (Å²) in [5.41, 5.74) is 0.219. The molecule has 39 heavy (non-hydrogen) atoms. The van der Waals surface area contributed by atoms with Gasteiger partial charge in [-0.2, -0.15) is 0 Å². The van der Waals surface area contributed by atoms with Crippen LogP contribution in [0, 0.1) is 5.41 Å². The standard InChI is InChI=1S/C26H26Cl2N6O5/c1-26(2,22(35)38-3)15-34-24(36)32-23(33(25(34)37)14-16-4-6-17(27)7-5-16)31-18-8-10-19(11-9-18)39-21-13-29-20(28)12-30-21/h4-13,25,37H,14-15H2,1-3H3,(H,31,32,36). The maximum absolute atomic E-state index is 13.1. The molecule has 1 atom stereocenters. The summed E-state index contributed by atoms with van der Waals surface area (Å²) < 4.78 is 10.5. The molecule has 4 rings (SSSR count). The number of aliphatic imine (C=N–C) groups is 1. The van der Waals surface area contributed by atoms with E-state index in [1.165, 1.54) is 24.4 Å². The molecule has 204 valence electrons. The molecule has 0 bridgehead atoms. The number of carbonyl (C=O) groups excluding carboxylic acids is 2. The van der Waals surface area contributed by atoms with Gasteiger partial charge in [0.15, 0.2) is 0 Å². The number of aliphatic hydroxyl groups excluding tert-OH is 1. The van der Waals surface area contributed by atoms with Gasteiger partial charge in [-0.1, -0.05) is 35.3 Å². The summed E-state index contributed by atoms with van der Waals surface area (Å²) in [6.45, 7) is 3.34. The number of halogens is 2. The molecule has 0 saturated carbocycles. The van der Waals surface area contributed by atoms with Crippen molar-refractivity contribution in [1.29, 1.82) is 0 Å². The van der Waals surface area contributed by atoms with Crippen molar-refractivity contribution in [2.45, 2.75) is 26.7 Å². The van der Waals surface area contributed by atoms with Crippen molar-refractivity contribution in [3.8, 4) is 11.6 Å². The van der Waals surface area contributed by atoms with Crippen LogP contribution in [-0.4, -0.2) is 62.8 Å². The number of guanidine groups is 1. The Bertz CT molecular complexity index is 1350. The summed E-state index contributed by atoms with van der Waals surface area (Å²) >= 11 is 11.8. The van der Waals surface area contributed by atoms with Gasteiger partial charge >= 0.3 is 12.0 Å². The Morgan fingerprint density at radius 2 is 1.77 bits per heavy atom. The monoisotopic (exact) mass is 572 g/mol. The second kappa shape index (κ2) is 11.9. The van der Waals surface area contributed by atoms with Crippen LogP contribution in [0.15, 0.2) is 65.9 Å². The van der Waals surface area contributed by atoms with Crippen LogP contribution in [0.2, 0.25) is 10.2 Å². The molecule has 11 nitrogen and oxygen atoms in total. The lowest BCUT2D eigenvalue weighted by Gasteiger charge is -2.44. The lowest BCUT2D eigenvalue weighted by molar-refractivity contribution is -0.154. The molecule has 0 aliphatic carbocycles. The SMILES string of the molecule is COC(=O)C(C)(C)CN1C(=O)N/C(=N\c2ccc(Oc3cnc(Cl)cn3)cc2)N(Cc2ccc(Cl)cc2)C1O. The van der Waals surface area contributed by atoms with Crippen molar-refractivity contribution >= 4 is 46.8 Å². The minimum Gasteiger partial charge on any atom is -0.469 e. The second-order valence-corrected chi connectivity index (χ2v) is 10.1. The topological polar surface area (TPSA) is 129 Å². The molecule has 2 N–H and O–H groups in total. The van der Waals surface area contributed by atoms with Crippen LogP contribution >= 0.6 is 23.2 Å². The van der Waals surface area contributed by atoms with Crippen LogP contribution in [0.1, 0.15) is 19.4 Å². The number of urea groups is 1. The number of hydrogen-bond acceptors (Lipinski definition) is 8. The molecule has 1 aromatic heterocycles. The van der Waals surface area contributed by atoms with Gasteiger partial charge in [0.2, 0.25) is 18.2 Å². The Morgan fingerprint density at radius 1 is 1.08 bits per heavy atom. The first kappa shape index (κ1) is 28.1. The quantitative estimate of drug-likeness (QED) is 0.375. The molecule has 13 heteroatoms. The second-order valence-electron chi connectivity index (χ2n) is 9.24. The zero-order chi connectivity index (χ0) is 28.2. The Labute approximate surface area is 235 Å². The van der Waals surface area contributed by atoms with Crippen molar-refractivity contribution in [2.75, 3.05) is 13.7 Å². The van der Waals surface area contributed by atoms with Gasteiger partial charge in [0, 0.05) is 11.6 Å². The minimum absolute atomic E-state index is 0.100. The minimum atomic E-state index is -1.43. The van der Waals surface area contributed by atoms with Gasteiger partial charge in [-0.25, -0.2) is 19.8 Å². The van der Waals surface area contributed by atoms with E-state index in [2.05, 4.69) is 20.3 Å². The fourth-order valence-electron chi connectivity index (χ4n) is 3.76. The van der Waals surface area contributed by atoms with Crippen molar-refractivity contribution in [2.24, 2.45) is 10.4 Å². The van der Waals surface area contributed by atoms with E-state index in [0.717, 1.165) is 10.5 Å². The van der Waals surface area contributed by atoms with Crippen molar-refractivity contribution < 1.29 is 24.2 Å². The fourth-order valence-corrected chi connectivity index (χ4v) is 3.99. The number of amides is 2. The van der Waals surface area contributed by atoms with Crippen molar-refractivity contribution in [1.82, 2.24) is 25.1 Å². The lowest BCUT2D eigenvalue weighted by atomic mass is 9.93. The number of hydrogen-bond donors (Lipinski definition) is 2. The largest absolute Gasteiger partial charge is 0.469 e. The van der Waals surface area contributed by atoms with Gasteiger partial charge < -0.3 is 14.6 Å². The van der Waals surface area contributed by atoms with E-state index < -0.39 is 23.8 Å². The third-order valence-corrected chi connectivity index (χ3v) is 6.22. The summed E-state index contributed by atoms with van der Waals surface area (Å²) in [6.07, 6.45) is 1.35. The van der Waals surface area contributed by atoms with E-state index >= 15 is 0 Å². The van der Waals surface area contributed by atoms with Gasteiger partial charge in [-0.3, -0.25) is 19.9 Å². The molecular formula is C26H26Cl2N6O5. The highest BCUT2D eigenvalue weighted by molar-refractivity contribution is 6.30. The van der Waals surface area contributed by atoms with Crippen LogP contribution in [0.3, 0.4) is 0 Å². The third-order valence-electron chi connectivity index (χ3n) is 5.77. The molecular weight excluding hydrogens is 547 g/mol. The number of benzene rings is 2. The number of nitrogens with zero attached hydrogens (tertiary/aromatic N) is 5. The summed E-state index contributed by atoms with van der Waals surface area (Å²) in [4.78, 5) is 40.5. The van der Waals surface area contributed by atoms with Gasteiger partial charge in [-0.05, 0) is 55.8 Å². The van der Waals surface area contributed by atoms with E-state index in [9.17, 15) is 14.7 Å². The normalized spacial score (nSPS) is 16.7. The fraction of sp³-hybridized carbons (Fsp3) is 0.269. The number of aromatic nitrogens is 2. The summed E-state index contributed by atoms with van der Waals surface area (Å²) in [5, 5.41) is 14.8. The molecule has 1 aliphatic rings. The number of ether oxygens (including phenoxy) is 2. The maximum atomic E-state index is 13.1. The summed E-state index contributed by atoms with van der Waals surface area (Å²) in [7, 11) is 1.27. The number of aliphatic hydroxyl groups is 1. The number of methoxy groups -OCH3 is 1. The molecule has 0 radical (unpaired) electrons. The Balaban J connectivity index is 1.60. The van der Waals surface area contributed by atoms with E-state index in [1.54, 1.807) is 62.4 Å². The zero-order valence-corrected chi connectivity index (χ0v) is 22.8. The molecule has 1 aliphatic heterocycles. The highest BCUT2D eigenvalue weighted by Gasteiger charge is 2.41. The van der Waals surface area contributed by atoms with Gasteiger partial charge in [0.05, 0.1) is 37.2 Å². The molecule has 1 unspecified atom stereocenters. The molecule has 2 amide bonds. The molecule has 2 heterocycles. The van der Waals surface area contributed by atoms with Gasteiger partial charge in [0.25, 0.3) is 0 Å².